The van der Waals surface area contributed by atoms with Gasteiger partial charge in [-0.3, -0.25) is 0 Å². The first-order chi connectivity index (χ1) is 14.6. The number of fused-ring (bicyclic) bond motifs is 5. The quantitative estimate of drug-likeness (QED) is 0.380. The SMILES string of the molecule is CC(C)CCCC(C)[C@H]1CCC2C3C/C(=N\O)C4=C[C@@H](O)[C@@H](O)C[C@]4(C)C3CC[C@@]21C. The Morgan fingerprint density at radius 2 is 1.81 bits per heavy atom. The van der Waals surface area contributed by atoms with Crippen molar-refractivity contribution in [2.75, 3.05) is 0 Å². The molecule has 3 N–H and O–H groups in total. The van der Waals surface area contributed by atoms with Crippen molar-refractivity contribution >= 4 is 5.71 Å². The summed E-state index contributed by atoms with van der Waals surface area (Å²) < 4.78 is 0. The van der Waals surface area contributed by atoms with Crippen LogP contribution in [0.15, 0.2) is 16.8 Å². The Bertz CT molecular complexity index is 730. The van der Waals surface area contributed by atoms with Crippen LogP contribution in [0.3, 0.4) is 0 Å². The van der Waals surface area contributed by atoms with E-state index in [1.807, 2.05) is 0 Å². The summed E-state index contributed by atoms with van der Waals surface area (Å²) in [4.78, 5) is 0. The van der Waals surface area contributed by atoms with Gasteiger partial charge < -0.3 is 15.4 Å². The molecule has 3 fully saturated rings. The van der Waals surface area contributed by atoms with Crippen LogP contribution in [0.5, 0.6) is 0 Å². The van der Waals surface area contributed by atoms with E-state index in [0.717, 1.165) is 35.5 Å². The molecule has 4 unspecified atom stereocenters. The summed E-state index contributed by atoms with van der Waals surface area (Å²) in [6, 6.07) is 0. The third-order valence-electron chi connectivity index (χ3n) is 10.3. The van der Waals surface area contributed by atoms with E-state index < -0.39 is 12.2 Å². The second-order valence-corrected chi connectivity index (χ2v) is 12.4. The molecule has 9 atom stereocenters. The van der Waals surface area contributed by atoms with E-state index in [0.29, 0.717) is 29.6 Å². The molecule has 4 nitrogen and oxygen atoms in total. The molecule has 176 valence electrons. The fourth-order valence-electron chi connectivity index (χ4n) is 8.73. The van der Waals surface area contributed by atoms with Gasteiger partial charge in [-0.05, 0) is 96.5 Å². The van der Waals surface area contributed by atoms with E-state index in [1.54, 1.807) is 6.08 Å². The zero-order valence-corrected chi connectivity index (χ0v) is 20.3. The number of oxime groups is 1. The average molecular weight is 432 g/mol. The van der Waals surface area contributed by atoms with Gasteiger partial charge in [0, 0.05) is 0 Å². The lowest BCUT2D eigenvalue weighted by molar-refractivity contribution is -0.0688. The first kappa shape index (κ1) is 23.3. The van der Waals surface area contributed by atoms with E-state index in [1.165, 1.54) is 44.9 Å². The molecule has 0 radical (unpaired) electrons. The highest BCUT2D eigenvalue weighted by molar-refractivity contribution is 6.02. The Hall–Kier alpha value is -0.870. The first-order valence-electron chi connectivity index (χ1n) is 12.9. The van der Waals surface area contributed by atoms with Crippen molar-refractivity contribution < 1.29 is 15.4 Å². The Morgan fingerprint density at radius 1 is 1.06 bits per heavy atom. The lowest BCUT2D eigenvalue weighted by atomic mass is 9.46. The number of nitrogens with zero attached hydrogens (tertiary/aromatic N) is 1. The standard InChI is InChI=1S/C27H45NO3/c1-16(2)7-6-8-17(3)19-9-10-20-18-13-23(28-31)22-14-24(29)25(30)15-27(22,5)21(18)11-12-26(19,20)4/h14,16-21,24-25,29-31H,6-13,15H2,1-5H3/b28-23+/t17?,18?,19-,20?,21?,24-,25+,26-,27-/m1/s1. The van der Waals surface area contributed by atoms with E-state index in [4.69, 9.17) is 0 Å². The van der Waals surface area contributed by atoms with Gasteiger partial charge in [-0.1, -0.05) is 59.0 Å². The van der Waals surface area contributed by atoms with Gasteiger partial charge in [0.05, 0.1) is 17.9 Å². The highest BCUT2D eigenvalue weighted by atomic mass is 16.4. The summed E-state index contributed by atoms with van der Waals surface area (Å²) in [6.45, 7) is 12.0. The van der Waals surface area contributed by atoms with Crippen LogP contribution >= 0.6 is 0 Å². The molecule has 4 rings (SSSR count). The smallest absolute Gasteiger partial charge is 0.0986 e. The summed E-state index contributed by atoms with van der Waals surface area (Å²) in [5.41, 5.74) is 1.93. The molecule has 0 saturated heterocycles. The summed E-state index contributed by atoms with van der Waals surface area (Å²) in [5, 5.41) is 34.4. The van der Waals surface area contributed by atoms with Crippen molar-refractivity contribution in [2.24, 2.45) is 51.5 Å². The Morgan fingerprint density at radius 3 is 2.48 bits per heavy atom. The van der Waals surface area contributed by atoms with Crippen molar-refractivity contribution in [3.8, 4) is 0 Å². The molecule has 0 aliphatic heterocycles. The summed E-state index contributed by atoms with van der Waals surface area (Å²) in [7, 11) is 0. The molecule has 0 aromatic heterocycles. The predicted molar refractivity (Wildman–Crippen MR) is 125 cm³/mol. The molecule has 0 spiro atoms. The minimum absolute atomic E-state index is 0.203. The van der Waals surface area contributed by atoms with Crippen LogP contribution in [0.25, 0.3) is 0 Å². The topological polar surface area (TPSA) is 73.1 Å². The van der Waals surface area contributed by atoms with Crippen molar-refractivity contribution in [1.29, 1.82) is 0 Å². The third-order valence-corrected chi connectivity index (χ3v) is 10.3. The summed E-state index contributed by atoms with van der Waals surface area (Å²) >= 11 is 0. The molecule has 4 aliphatic carbocycles. The molecule has 0 aromatic carbocycles. The maximum absolute atomic E-state index is 10.5. The molecule has 4 aliphatic rings. The van der Waals surface area contributed by atoms with E-state index >= 15 is 0 Å². The van der Waals surface area contributed by atoms with Crippen LogP contribution < -0.4 is 0 Å². The molecule has 0 aromatic rings. The Labute approximate surface area is 189 Å². The van der Waals surface area contributed by atoms with Gasteiger partial charge in [-0.15, -0.1) is 0 Å². The van der Waals surface area contributed by atoms with Gasteiger partial charge in [-0.2, -0.15) is 0 Å². The fraction of sp³-hybridized carbons (Fsp3) is 0.889. The Kier molecular flexibility index (Phi) is 6.37. The summed E-state index contributed by atoms with van der Waals surface area (Å²) in [5.74, 6) is 4.05. The molecule has 31 heavy (non-hydrogen) atoms. The van der Waals surface area contributed by atoms with Crippen LogP contribution in [-0.4, -0.2) is 33.3 Å². The molecule has 4 heteroatoms. The van der Waals surface area contributed by atoms with Crippen molar-refractivity contribution in [2.45, 2.75) is 105 Å². The van der Waals surface area contributed by atoms with Crippen LogP contribution in [-0.2, 0) is 0 Å². The number of hydrogen-bond donors (Lipinski definition) is 3. The number of allylic oxidation sites excluding steroid dienone is 1. The van der Waals surface area contributed by atoms with Crippen LogP contribution in [0.4, 0.5) is 0 Å². The lowest BCUT2D eigenvalue weighted by Gasteiger charge is -2.59. The minimum atomic E-state index is -0.854. The van der Waals surface area contributed by atoms with Crippen LogP contribution in [0.2, 0.25) is 0 Å². The van der Waals surface area contributed by atoms with E-state index in [9.17, 15) is 15.4 Å². The highest BCUT2D eigenvalue weighted by Crippen LogP contribution is 2.67. The Balaban J connectivity index is 1.58. The maximum atomic E-state index is 10.5. The zero-order chi connectivity index (χ0) is 22.6. The number of hydrogen-bond acceptors (Lipinski definition) is 4. The maximum Gasteiger partial charge on any atom is 0.0986 e. The second-order valence-electron chi connectivity index (χ2n) is 12.4. The summed E-state index contributed by atoms with van der Waals surface area (Å²) in [6.07, 6.45) is 10.7. The third kappa shape index (κ3) is 3.80. The highest BCUT2D eigenvalue weighted by Gasteiger charge is 2.61. The average Bonchev–Trinajstić information content (AvgIpc) is 3.06. The minimum Gasteiger partial charge on any atom is -0.411 e. The molecule has 0 amide bonds. The van der Waals surface area contributed by atoms with Crippen molar-refractivity contribution in [3.63, 3.8) is 0 Å². The van der Waals surface area contributed by atoms with Gasteiger partial charge in [-0.25, -0.2) is 0 Å². The van der Waals surface area contributed by atoms with Crippen molar-refractivity contribution in [1.82, 2.24) is 0 Å². The number of aliphatic hydroxyl groups is 2. The van der Waals surface area contributed by atoms with E-state index in [-0.39, 0.29) is 5.41 Å². The monoisotopic (exact) mass is 431 g/mol. The zero-order valence-electron chi connectivity index (χ0n) is 20.3. The van der Waals surface area contributed by atoms with Gasteiger partial charge in [0.15, 0.2) is 0 Å². The van der Waals surface area contributed by atoms with Crippen molar-refractivity contribution in [3.05, 3.63) is 11.6 Å². The van der Waals surface area contributed by atoms with Gasteiger partial charge >= 0.3 is 0 Å². The first-order valence-corrected chi connectivity index (χ1v) is 12.9. The normalized spacial score (nSPS) is 47.0. The van der Waals surface area contributed by atoms with Crippen LogP contribution in [0, 0.1) is 46.3 Å². The lowest BCUT2D eigenvalue weighted by Crippen LogP contribution is -2.55. The van der Waals surface area contributed by atoms with E-state index in [2.05, 4.69) is 39.8 Å². The molecule has 3 saturated carbocycles. The number of aliphatic hydroxyl groups excluding tert-OH is 2. The second kappa shape index (κ2) is 8.48. The van der Waals surface area contributed by atoms with Gasteiger partial charge in [0.1, 0.15) is 0 Å². The fourth-order valence-corrected chi connectivity index (χ4v) is 8.73. The molecule has 0 bridgehead atoms. The molecular formula is C27H45NO3. The van der Waals surface area contributed by atoms with Gasteiger partial charge in [0.25, 0.3) is 0 Å². The van der Waals surface area contributed by atoms with Crippen LogP contribution in [0.1, 0.15) is 92.4 Å². The predicted octanol–water partition coefficient (Wildman–Crippen LogP) is 5.80. The number of rotatable bonds is 5. The van der Waals surface area contributed by atoms with Gasteiger partial charge in [0.2, 0.25) is 0 Å². The largest absolute Gasteiger partial charge is 0.411 e. The molecule has 0 heterocycles. The molecular weight excluding hydrogens is 386 g/mol.